The van der Waals surface area contributed by atoms with Crippen molar-refractivity contribution >= 4 is 40.3 Å². The maximum atomic E-state index is 12.3. The lowest BCUT2D eigenvalue weighted by atomic mass is 9.79. The first kappa shape index (κ1) is 20.9. The molecular weight excluding hydrogens is 398 g/mol. The maximum absolute atomic E-state index is 12.3. The molecule has 0 bridgehead atoms. The zero-order chi connectivity index (χ0) is 22.5. The second-order valence-electron chi connectivity index (χ2n) is 9.18. The van der Waals surface area contributed by atoms with Gasteiger partial charge in [-0.05, 0) is 35.1 Å². The minimum absolute atomic E-state index is 0.127. The Hall–Kier alpha value is -3.36. The van der Waals surface area contributed by atoms with Gasteiger partial charge in [-0.25, -0.2) is 9.59 Å². The van der Waals surface area contributed by atoms with Crippen LogP contribution >= 0.6 is 0 Å². The minimum atomic E-state index is -0.903. The van der Waals surface area contributed by atoms with E-state index >= 15 is 0 Å². The van der Waals surface area contributed by atoms with Gasteiger partial charge in [-0.15, -0.1) is 0 Å². The van der Waals surface area contributed by atoms with Crippen molar-refractivity contribution in [3.8, 4) is 0 Å². The summed E-state index contributed by atoms with van der Waals surface area (Å²) >= 11 is 0. The zero-order valence-electron chi connectivity index (χ0n) is 18.2. The molecule has 1 fully saturated rings. The molecule has 0 saturated carbocycles. The molecule has 1 aromatic carbocycles. The van der Waals surface area contributed by atoms with Gasteiger partial charge in [-0.3, -0.25) is 19.7 Å². The number of amides is 4. The van der Waals surface area contributed by atoms with Gasteiger partial charge >= 0.3 is 12.1 Å². The normalized spacial score (nSPS) is 20.1. The van der Waals surface area contributed by atoms with Gasteiger partial charge in [0.05, 0.1) is 5.52 Å². The zero-order valence-corrected chi connectivity index (χ0v) is 18.2. The Morgan fingerprint density at radius 3 is 2.65 bits per heavy atom. The highest BCUT2D eigenvalue weighted by Crippen LogP contribution is 2.37. The van der Waals surface area contributed by atoms with E-state index in [9.17, 15) is 19.5 Å². The van der Waals surface area contributed by atoms with Crippen LogP contribution in [0.4, 0.5) is 15.4 Å². The van der Waals surface area contributed by atoms with Crippen molar-refractivity contribution in [1.29, 1.82) is 0 Å². The molecule has 0 aliphatic carbocycles. The molecule has 2 N–H and O–H groups in total. The van der Waals surface area contributed by atoms with Crippen LogP contribution in [0.2, 0.25) is 0 Å². The monoisotopic (exact) mass is 425 g/mol. The summed E-state index contributed by atoms with van der Waals surface area (Å²) in [6, 6.07) is 5.37. The Morgan fingerprint density at radius 2 is 2.00 bits per heavy atom. The molecule has 1 atom stereocenters. The number of imide groups is 1. The van der Waals surface area contributed by atoms with E-state index in [1.165, 1.54) is 9.80 Å². The molecular formula is C22H27N5O4. The molecule has 9 nitrogen and oxygen atoms in total. The molecule has 1 unspecified atom stereocenters. The highest BCUT2D eigenvalue weighted by Gasteiger charge is 2.36. The van der Waals surface area contributed by atoms with Gasteiger partial charge in [0.1, 0.15) is 0 Å². The average molecular weight is 425 g/mol. The van der Waals surface area contributed by atoms with Gasteiger partial charge in [0.2, 0.25) is 5.91 Å². The van der Waals surface area contributed by atoms with Crippen molar-refractivity contribution in [1.82, 2.24) is 20.0 Å². The number of rotatable bonds is 2. The lowest BCUT2D eigenvalue weighted by Crippen LogP contribution is -2.49. The van der Waals surface area contributed by atoms with Crippen molar-refractivity contribution in [2.45, 2.75) is 39.7 Å². The molecule has 2 aliphatic heterocycles. The average Bonchev–Trinajstić information content (AvgIpc) is 3.02. The minimum Gasteiger partial charge on any atom is -0.465 e. The van der Waals surface area contributed by atoms with E-state index in [4.69, 9.17) is 0 Å². The van der Waals surface area contributed by atoms with Crippen LogP contribution in [0.3, 0.4) is 0 Å². The fourth-order valence-corrected chi connectivity index (χ4v) is 4.36. The maximum Gasteiger partial charge on any atom is 0.407 e. The summed E-state index contributed by atoms with van der Waals surface area (Å²) in [4.78, 5) is 38.4. The second kappa shape index (κ2) is 7.40. The summed E-state index contributed by atoms with van der Waals surface area (Å²) in [6.07, 6.45) is 1.93. The lowest BCUT2D eigenvalue weighted by molar-refractivity contribution is -0.120. The fraction of sp³-hybridized carbons (Fsp3) is 0.455. The van der Waals surface area contributed by atoms with Crippen LogP contribution in [0.15, 0.2) is 24.3 Å². The largest absolute Gasteiger partial charge is 0.465 e. The first-order valence-corrected chi connectivity index (χ1v) is 10.3. The molecule has 4 amide bonds. The molecule has 0 spiro atoms. The quantitative estimate of drug-likeness (QED) is 0.768. The fourth-order valence-electron chi connectivity index (χ4n) is 4.36. The van der Waals surface area contributed by atoms with Crippen molar-refractivity contribution in [2.24, 2.45) is 12.5 Å². The van der Waals surface area contributed by atoms with Crippen LogP contribution in [0.25, 0.3) is 16.5 Å². The van der Waals surface area contributed by atoms with Gasteiger partial charge in [0.15, 0.2) is 5.82 Å². The van der Waals surface area contributed by atoms with Crippen molar-refractivity contribution in [3.63, 3.8) is 0 Å². The number of urea groups is 1. The van der Waals surface area contributed by atoms with Gasteiger partial charge in [0.25, 0.3) is 0 Å². The highest BCUT2D eigenvalue weighted by atomic mass is 16.4. The number of carboxylic acid groups (broad SMARTS) is 1. The number of nitrogens with zero attached hydrogens (tertiary/aromatic N) is 4. The topological polar surface area (TPSA) is 108 Å². The third kappa shape index (κ3) is 3.75. The van der Waals surface area contributed by atoms with Gasteiger partial charge < -0.3 is 10.0 Å². The van der Waals surface area contributed by atoms with Crippen molar-refractivity contribution < 1.29 is 19.5 Å². The summed E-state index contributed by atoms with van der Waals surface area (Å²) in [6.45, 7) is 6.82. The van der Waals surface area contributed by atoms with Gasteiger partial charge in [-0.2, -0.15) is 5.10 Å². The highest BCUT2D eigenvalue weighted by molar-refractivity contribution is 6.09. The smallest absolute Gasteiger partial charge is 0.407 e. The number of benzene rings is 1. The molecule has 9 heteroatoms. The second-order valence-corrected chi connectivity index (χ2v) is 9.18. The Bertz CT molecular complexity index is 1110. The van der Waals surface area contributed by atoms with E-state index in [1.54, 1.807) is 4.68 Å². The number of carbonyl (C=O) groups excluding carboxylic acids is 2. The van der Waals surface area contributed by atoms with Crippen LogP contribution in [0.1, 0.15) is 39.2 Å². The molecule has 0 radical (unpaired) electrons. The number of anilines is 1. The van der Waals surface area contributed by atoms with E-state index in [0.29, 0.717) is 25.3 Å². The Balaban J connectivity index is 1.69. The first-order chi connectivity index (χ1) is 14.6. The summed E-state index contributed by atoms with van der Waals surface area (Å²) in [5.74, 6) is 0.244. The van der Waals surface area contributed by atoms with Crippen molar-refractivity contribution in [2.75, 3.05) is 18.0 Å². The van der Waals surface area contributed by atoms with Crippen molar-refractivity contribution in [3.05, 3.63) is 29.8 Å². The number of fused-ring (bicyclic) bond motifs is 1. The molecule has 3 heterocycles. The predicted octanol–water partition coefficient (Wildman–Crippen LogP) is 3.20. The Morgan fingerprint density at radius 1 is 1.26 bits per heavy atom. The third-order valence-corrected chi connectivity index (χ3v) is 6.08. The van der Waals surface area contributed by atoms with Crippen LogP contribution in [0.5, 0.6) is 0 Å². The van der Waals surface area contributed by atoms with E-state index in [0.717, 1.165) is 22.0 Å². The number of aryl methyl sites for hydroxylation is 1. The number of aromatic nitrogens is 2. The van der Waals surface area contributed by atoms with E-state index in [2.05, 4.69) is 31.2 Å². The molecule has 2 aliphatic rings. The molecule has 2 aromatic rings. The van der Waals surface area contributed by atoms with Gasteiger partial charge in [-0.1, -0.05) is 32.9 Å². The standard InChI is InChI=1S/C22H27N5O4/c1-22(2,3)17-12-14(7-9-26(17)21(30)31)13-5-6-15-16(11-13)25(4)24-19(15)27-10-8-18(28)23-20(27)29/h5-7,11,17H,8-10,12H2,1-4H3,(H,30,31)(H,23,28,29). The number of nitrogens with one attached hydrogen (secondary N) is 1. The van der Waals surface area contributed by atoms with Gasteiger partial charge in [0, 0.05) is 38.0 Å². The third-order valence-electron chi connectivity index (χ3n) is 6.08. The molecule has 1 saturated heterocycles. The Kier molecular flexibility index (Phi) is 4.99. The van der Waals surface area contributed by atoms with Crippen LogP contribution in [-0.2, 0) is 11.8 Å². The van der Waals surface area contributed by atoms with Crippen LogP contribution in [-0.4, -0.2) is 56.9 Å². The van der Waals surface area contributed by atoms with Crippen LogP contribution < -0.4 is 10.2 Å². The number of hydrogen-bond donors (Lipinski definition) is 2. The first-order valence-electron chi connectivity index (χ1n) is 10.3. The summed E-state index contributed by atoms with van der Waals surface area (Å²) in [5.41, 5.74) is 2.79. The molecule has 4 rings (SSSR count). The summed E-state index contributed by atoms with van der Waals surface area (Å²) in [5, 5.41) is 17.3. The molecule has 164 valence electrons. The Labute approximate surface area is 180 Å². The summed E-state index contributed by atoms with van der Waals surface area (Å²) in [7, 11) is 1.82. The van der Waals surface area contributed by atoms with E-state index in [-0.39, 0.29) is 23.8 Å². The number of carbonyl (C=O) groups is 3. The molecule has 1 aromatic heterocycles. The van der Waals surface area contributed by atoms with E-state index in [1.807, 2.05) is 31.3 Å². The summed E-state index contributed by atoms with van der Waals surface area (Å²) < 4.78 is 1.73. The predicted molar refractivity (Wildman–Crippen MR) is 117 cm³/mol. The lowest BCUT2D eigenvalue weighted by Gasteiger charge is -2.41. The van der Waals surface area contributed by atoms with Crippen LogP contribution in [0, 0.1) is 5.41 Å². The van der Waals surface area contributed by atoms with E-state index < -0.39 is 12.1 Å². The molecule has 31 heavy (non-hydrogen) atoms. The SMILES string of the molecule is Cn1nc(N2CCC(=O)NC2=O)c2ccc(C3=CCN(C(=O)O)C(C(C)(C)C)C3)cc21. The number of hydrogen-bond acceptors (Lipinski definition) is 4.